The van der Waals surface area contributed by atoms with Crippen molar-refractivity contribution in [2.45, 2.75) is 19.0 Å². The lowest BCUT2D eigenvalue weighted by Crippen LogP contribution is -2.51. The van der Waals surface area contributed by atoms with Crippen molar-refractivity contribution < 1.29 is 14.3 Å². The summed E-state index contributed by atoms with van der Waals surface area (Å²) in [6.45, 7) is 1.10. The molecule has 0 unspecified atom stereocenters. The Bertz CT molecular complexity index is 1400. The normalized spacial score (nSPS) is 11.9. The van der Waals surface area contributed by atoms with Crippen LogP contribution in [0, 0.1) is 0 Å². The van der Waals surface area contributed by atoms with E-state index < -0.39 is 6.04 Å². The SMILES string of the molecule is COCCN(C)C(=O)[C@H](Cc1ccccc1)N(Cc1ccc(-c2ccncc2)cc1)C(=O)/C=C/c1ccn(C)n1. The molecule has 0 saturated carbocycles. The molecule has 2 amide bonds. The van der Waals surface area contributed by atoms with E-state index in [9.17, 15) is 9.59 Å². The number of rotatable bonds is 12. The number of carbonyl (C=O) groups is 2. The van der Waals surface area contributed by atoms with E-state index >= 15 is 0 Å². The van der Waals surface area contributed by atoms with E-state index in [4.69, 9.17) is 4.74 Å². The largest absolute Gasteiger partial charge is 0.383 e. The van der Waals surface area contributed by atoms with Crippen molar-refractivity contribution in [3.8, 4) is 11.1 Å². The van der Waals surface area contributed by atoms with Crippen LogP contribution in [0.1, 0.15) is 16.8 Å². The van der Waals surface area contributed by atoms with Crippen LogP contribution in [0.3, 0.4) is 0 Å². The smallest absolute Gasteiger partial charge is 0.247 e. The molecule has 2 aromatic heterocycles. The zero-order valence-corrected chi connectivity index (χ0v) is 23.2. The fourth-order valence-corrected chi connectivity index (χ4v) is 4.42. The van der Waals surface area contributed by atoms with Crippen LogP contribution in [0.15, 0.2) is 97.5 Å². The highest BCUT2D eigenvalue weighted by Gasteiger charge is 2.31. The number of hydrogen-bond donors (Lipinski definition) is 0. The minimum atomic E-state index is -0.718. The van der Waals surface area contributed by atoms with Gasteiger partial charge in [-0.2, -0.15) is 5.10 Å². The number of aryl methyl sites for hydroxylation is 1. The van der Waals surface area contributed by atoms with Gasteiger partial charge < -0.3 is 14.5 Å². The molecule has 1 atom stereocenters. The van der Waals surface area contributed by atoms with E-state index in [0.717, 1.165) is 22.3 Å². The van der Waals surface area contributed by atoms with E-state index in [1.807, 2.05) is 86.0 Å². The first kappa shape index (κ1) is 28.4. The summed E-state index contributed by atoms with van der Waals surface area (Å²) in [5.74, 6) is -0.410. The zero-order chi connectivity index (χ0) is 28.3. The highest BCUT2D eigenvalue weighted by Crippen LogP contribution is 2.21. The number of ether oxygens (including phenoxy) is 1. The van der Waals surface area contributed by atoms with Crippen molar-refractivity contribution in [1.82, 2.24) is 24.6 Å². The third-order valence-electron chi connectivity index (χ3n) is 6.67. The lowest BCUT2D eigenvalue weighted by Gasteiger charge is -2.33. The van der Waals surface area contributed by atoms with E-state index in [1.54, 1.807) is 47.1 Å². The summed E-state index contributed by atoms with van der Waals surface area (Å²) in [6.07, 6.45) is 8.90. The van der Waals surface area contributed by atoms with Gasteiger partial charge in [0.05, 0.1) is 12.3 Å². The average Bonchev–Trinajstić information content (AvgIpc) is 3.42. The summed E-state index contributed by atoms with van der Waals surface area (Å²) in [5.41, 5.74) is 4.67. The molecule has 8 nitrogen and oxygen atoms in total. The summed E-state index contributed by atoms with van der Waals surface area (Å²) in [6, 6.07) is 22.8. The Morgan fingerprint density at radius 1 is 0.950 bits per heavy atom. The molecule has 0 bridgehead atoms. The van der Waals surface area contributed by atoms with Gasteiger partial charge in [0.25, 0.3) is 0 Å². The molecule has 2 aromatic carbocycles. The number of likely N-dealkylation sites (N-methyl/N-ethyl adjacent to an activating group) is 1. The molecule has 0 fully saturated rings. The van der Waals surface area contributed by atoms with Crippen molar-refractivity contribution in [2.75, 3.05) is 27.3 Å². The van der Waals surface area contributed by atoms with Crippen LogP contribution in [0.25, 0.3) is 17.2 Å². The fourth-order valence-electron chi connectivity index (χ4n) is 4.42. The molecule has 8 heteroatoms. The van der Waals surface area contributed by atoms with Gasteiger partial charge in [-0.3, -0.25) is 19.3 Å². The van der Waals surface area contributed by atoms with Gasteiger partial charge in [0.2, 0.25) is 11.8 Å². The summed E-state index contributed by atoms with van der Waals surface area (Å²) in [5, 5.41) is 4.34. The quantitative estimate of drug-likeness (QED) is 0.253. The standard InChI is InChI=1S/C32H35N5O3/c1-35(21-22-40-3)32(39)30(23-25-7-5-4-6-8-25)37(31(38)14-13-29-17-20-36(2)34-29)24-26-9-11-27(12-10-26)28-15-18-33-19-16-28/h4-20,30H,21-24H2,1-3H3/b14-13+/t30-/m0/s1. The van der Waals surface area contributed by atoms with E-state index in [-0.39, 0.29) is 18.4 Å². The second kappa shape index (κ2) is 14.0. The minimum absolute atomic E-state index is 0.145. The van der Waals surface area contributed by atoms with Crippen molar-refractivity contribution in [2.24, 2.45) is 7.05 Å². The number of carbonyl (C=O) groups excluding carboxylic acids is 2. The summed E-state index contributed by atoms with van der Waals surface area (Å²) >= 11 is 0. The first-order chi connectivity index (χ1) is 19.4. The molecule has 4 rings (SSSR count). The van der Waals surface area contributed by atoms with Crippen molar-refractivity contribution in [3.05, 3.63) is 114 Å². The lowest BCUT2D eigenvalue weighted by atomic mass is 10.0. The van der Waals surface area contributed by atoms with Gasteiger partial charge >= 0.3 is 0 Å². The highest BCUT2D eigenvalue weighted by molar-refractivity contribution is 5.95. The first-order valence-corrected chi connectivity index (χ1v) is 13.2. The van der Waals surface area contributed by atoms with Crippen molar-refractivity contribution >= 4 is 17.9 Å². The number of amides is 2. The molecule has 0 spiro atoms. The van der Waals surface area contributed by atoms with Crippen LogP contribution in [-0.2, 0) is 34.3 Å². The Balaban J connectivity index is 1.67. The van der Waals surface area contributed by atoms with Crippen LogP contribution in [0.2, 0.25) is 0 Å². The van der Waals surface area contributed by atoms with Gasteiger partial charge in [0, 0.05) is 65.4 Å². The minimum Gasteiger partial charge on any atom is -0.383 e. The van der Waals surface area contributed by atoms with Gasteiger partial charge in [-0.1, -0.05) is 54.6 Å². The van der Waals surface area contributed by atoms with Gasteiger partial charge in [0.15, 0.2) is 0 Å². The molecule has 0 aliphatic rings. The zero-order valence-electron chi connectivity index (χ0n) is 23.2. The molecule has 0 radical (unpaired) electrons. The molecule has 206 valence electrons. The Kier molecular flexibility index (Phi) is 9.96. The summed E-state index contributed by atoms with van der Waals surface area (Å²) in [4.78, 5) is 35.0. The van der Waals surface area contributed by atoms with Gasteiger partial charge in [-0.05, 0) is 46.5 Å². The van der Waals surface area contributed by atoms with Gasteiger partial charge in [-0.15, -0.1) is 0 Å². The third-order valence-corrected chi connectivity index (χ3v) is 6.67. The molecule has 2 heterocycles. The molecule has 0 saturated heterocycles. The maximum atomic E-state index is 13.8. The number of pyridine rings is 1. The molecule has 4 aromatic rings. The topological polar surface area (TPSA) is 80.6 Å². The van der Waals surface area contributed by atoms with E-state index in [0.29, 0.717) is 25.3 Å². The Morgan fingerprint density at radius 3 is 2.30 bits per heavy atom. The monoisotopic (exact) mass is 537 g/mol. The molecule has 0 N–H and O–H groups in total. The van der Waals surface area contributed by atoms with Gasteiger partial charge in [0.1, 0.15) is 6.04 Å². The molecule has 0 aliphatic carbocycles. The number of nitrogens with zero attached hydrogens (tertiary/aromatic N) is 5. The van der Waals surface area contributed by atoms with Crippen LogP contribution >= 0.6 is 0 Å². The Labute approximate surface area is 235 Å². The maximum absolute atomic E-state index is 13.8. The van der Waals surface area contributed by atoms with Crippen LogP contribution in [0.5, 0.6) is 0 Å². The van der Waals surface area contributed by atoms with E-state index in [1.165, 1.54) is 6.08 Å². The van der Waals surface area contributed by atoms with Crippen LogP contribution in [0.4, 0.5) is 0 Å². The predicted molar refractivity (Wildman–Crippen MR) is 156 cm³/mol. The Morgan fingerprint density at radius 2 is 1.65 bits per heavy atom. The molecule has 40 heavy (non-hydrogen) atoms. The van der Waals surface area contributed by atoms with Crippen LogP contribution in [-0.4, -0.2) is 69.7 Å². The molecular weight excluding hydrogens is 502 g/mol. The van der Waals surface area contributed by atoms with E-state index in [2.05, 4.69) is 10.1 Å². The molecule has 0 aliphatic heterocycles. The summed E-state index contributed by atoms with van der Waals surface area (Å²) < 4.78 is 6.88. The predicted octanol–water partition coefficient (Wildman–Crippen LogP) is 4.24. The molecular formula is C32H35N5O3. The second-order valence-corrected chi connectivity index (χ2v) is 9.60. The van der Waals surface area contributed by atoms with Crippen molar-refractivity contribution in [1.29, 1.82) is 0 Å². The van der Waals surface area contributed by atoms with Gasteiger partial charge in [-0.25, -0.2) is 0 Å². The second-order valence-electron chi connectivity index (χ2n) is 9.60. The highest BCUT2D eigenvalue weighted by atomic mass is 16.5. The number of benzene rings is 2. The number of methoxy groups -OCH3 is 1. The van der Waals surface area contributed by atoms with Crippen molar-refractivity contribution in [3.63, 3.8) is 0 Å². The average molecular weight is 538 g/mol. The lowest BCUT2D eigenvalue weighted by molar-refractivity contribution is -0.143. The number of hydrogen-bond acceptors (Lipinski definition) is 5. The van der Waals surface area contributed by atoms with Crippen LogP contribution < -0.4 is 0 Å². The number of aromatic nitrogens is 3. The first-order valence-electron chi connectivity index (χ1n) is 13.2. The summed E-state index contributed by atoms with van der Waals surface area (Å²) in [7, 11) is 5.17. The maximum Gasteiger partial charge on any atom is 0.247 e. The Hall–Kier alpha value is -4.56. The third kappa shape index (κ3) is 7.74. The fraction of sp³-hybridized carbons (Fsp3) is 0.250.